The van der Waals surface area contributed by atoms with Gasteiger partial charge in [-0.2, -0.15) is 18.8 Å². The van der Waals surface area contributed by atoms with Crippen molar-refractivity contribution < 1.29 is 22.1 Å². The van der Waals surface area contributed by atoms with Gasteiger partial charge in [0.05, 0.1) is 24.2 Å². The van der Waals surface area contributed by atoms with Crippen LogP contribution in [0.5, 0.6) is 0 Å². The standard InChI is InChI=1S/C18H22N4O5S/c1-18(2,3)27-17(23)20-16-14(12-19)15(10-11-26-28(4,24)25)21-22(16)13-8-6-5-7-9-13/h5-9H,10-11H2,1-4H3,(H,20,23). The number of benzene rings is 1. The Morgan fingerprint density at radius 3 is 2.46 bits per heavy atom. The molecule has 0 atom stereocenters. The lowest BCUT2D eigenvalue weighted by molar-refractivity contribution is 0.0635. The molecule has 2 rings (SSSR count). The molecule has 10 heteroatoms. The zero-order valence-electron chi connectivity index (χ0n) is 16.1. The zero-order valence-corrected chi connectivity index (χ0v) is 16.9. The molecule has 2 aromatic rings. The lowest BCUT2D eigenvalue weighted by Crippen LogP contribution is -2.28. The number of aromatic nitrogens is 2. The number of carbonyl (C=O) groups is 1. The van der Waals surface area contributed by atoms with Crippen LogP contribution in [0.25, 0.3) is 5.69 Å². The molecule has 0 saturated carbocycles. The van der Waals surface area contributed by atoms with Crippen molar-refractivity contribution in [2.45, 2.75) is 32.8 Å². The van der Waals surface area contributed by atoms with Gasteiger partial charge >= 0.3 is 6.09 Å². The van der Waals surface area contributed by atoms with Crippen molar-refractivity contribution in [1.29, 1.82) is 5.26 Å². The number of carbonyl (C=O) groups excluding carboxylic acids is 1. The van der Waals surface area contributed by atoms with Gasteiger partial charge in [0.2, 0.25) is 0 Å². The number of ether oxygens (including phenoxy) is 1. The molecule has 0 bridgehead atoms. The first kappa shape index (κ1) is 21.4. The molecule has 0 saturated heterocycles. The highest BCUT2D eigenvalue weighted by Gasteiger charge is 2.24. The van der Waals surface area contributed by atoms with E-state index in [0.29, 0.717) is 11.4 Å². The summed E-state index contributed by atoms with van der Waals surface area (Å²) in [7, 11) is -3.62. The molecule has 0 aliphatic heterocycles. The summed E-state index contributed by atoms with van der Waals surface area (Å²) in [5.74, 6) is 0.136. The van der Waals surface area contributed by atoms with Crippen LogP contribution in [0.4, 0.5) is 10.6 Å². The second-order valence-electron chi connectivity index (χ2n) is 6.93. The molecule has 1 amide bonds. The van der Waals surface area contributed by atoms with Crippen molar-refractivity contribution in [2.75, 3.05) is 18.2 Å². The largest absolute Gasteiger partial charge is 0.444 e. The number of rotatable bonds is 6. The van der Waals surface area contributed by atoms with Crippen molar-refractivity contribution >= 4 is 22.0 Å². The first-order valence-corrected chi connectivity index (χ1v) is 10.2. The minimum atomic E-state index is -3.62. The molecule has 150 valence electrons. The third-order valence-electron chi connectivity index (χ3n) is 3.33. The Morgan fingerprint density at radius 2 is 1.93 bits per heavy atom. The predicted octanol–water partition coefficient (Wildman–Crippen LogP) is 2.61. The van der Waals surface area contributed by atoms with Crippen LogP contribution in [-0.4, -0.2) is 42.8 Å². The van der Waals surface area contributed by atoms with Crippen LogP contribution in [0.2, 0.25) is 0 Å². The fourth-order valence-electron chi connectivity index (χ4n) is 2.32. The van der Waals surface area contributed by atoms with Gasteiger partial charge in [-0.05, 0) is 32.9 Å². The lowest BCUT2D eigenvalue weighted by Gasteiger charge is -2.20. The summed E-state index contributed by atoms with van der Waals surface area (Å²) in [6, 6.07) is 10.9. The van der Waals surface area contributed by atoms with Crippen molar-refractivity contribution in [2.24, 2.45) is 0 Å². The van der Waals surface area contributed by atoms with Gasteiger partial charge in [0, 0.05) is 6.42 Å². The molecule has 1 aromatic carbocycles. The molecular formula is C18H22N4O5S. The second kappa shape index (κ2) is 8.41. The minimum absolute atomic E-state index is 0.0682. The summed E-state index contributed by atoms with van der Waals surface area (Å²) in [6.07, 6.45) is 0.273. The number of hydrogen-bond donors (Lipinski definition) is 1. The first-order chi connectivity index (χ1) is 13.0. The van der Waals surface area contributed by atoms with Crippen LogP contribution in [0.1, 0.15) is 32.0 Å². The maximum Gasteiger partial charge on any atom is 0.413 e. The molecule has 0 aliphatic rings. The monoisotopic (exact) mass is 406 g/mol. The maximum atomic E-state index is 12.2. The quantitative estimate of drug-likeness (QED) is 0.731. The molecule has 1 N–H and O–H groups in total. The van der Waals surface area contributed by atoms with Gasteiger partial charge < -0.3 is 4.74 Å². The number of nitrogens with one attached hydrogen (secondary N) is 1. The van der Waals surface area contributed by atoms with E-state index in [2.05, 4.69) is 10.4 Å². The van der Waals surface area contributed by atoms with E-state index in [0.717, 1.165) is 6.26 Å². The van der Waals surface area contributed by atoms with E-state index in [1.807, 2.05) is 12.1 Å². The number of para-hydroxylation sites is 1. The molecule has 0 spiro atoms. The van der Waals surface area contributed by atoms with Gasteiger partial charge in [-0.15, -0.1) is 0 Å². The Morgan fingerprint density at radius 1 is 1.29 bits per heavy atom. The Balaban J connectivity index is 2.42. The summed E-state index contributed by atoms with van der Waals surface area (Å²) >= 11 is 0. The fraction of sp³-hybridized carbons (Fsp3) is 0.389. The fourth-order valence-corrected chi connectivity index (χ4v) is 2.70. The van der Waals surface area contributed by atoms with E-state index in [9.17, 15) is 18.5 Å². The number of nitriles is 1. The minimum Gasteiger partial charge on any atom is -0.444 e. The number of amides is 1. The van der Waals surface area contributed by atoms with Crippen LogP contribution in [-0.2, 0) is 25.5 Å². The molecule has 1 aromatic heterocycles. The van der Waals surface area contributed by atoms with Gasteiger partial charge in [0.25, 0.3) is 10.1 Å². The number of nitrogens with zero attached hydrogens (tertiary/aromatic N) is 3. The molecule has 0 radical (unpaired) electrons. The Labute approximate surface area is 164 Å². The van der Waals surface area contributed by atoms with Gasteiger partial charge in [-0.3, -0.25) is 9.50 Å². The van der Waals surface area contributed by atoms with Crippen LogP contribution in [0, 0.1) is 11.3 Å². The summed E-state index contributed by atoms with van der Waals surface area (Å²) in [5, 5.41) is 16.5. The van der Waals surface area contributed by atoms with Gasteiger partial charge in [-0.25, -0.2) is 9.48 Å². The van der Waals surface area contributed by atoms with Gasteiger partial charge in [0.15, 0.2) is 5.82 Å². The lowest BCUT2D eigenvalue weighted by atomic mass is 10.2. The topological polar surface area (TPSA) is 123 Å². The van der Waals surface area contributed by atoms with Crippen LogP contribution >= 0.6 is 0 Å². The molecule has 0 unspecified atom stereocenters. The molecule has 0 fully saturated rings. The Hall–Kier alpha value is -2.90. The average molecular weight is 406 g/mol. The smallest absolute Gasteiger partial charge is 0.413 e. The normalized spacial score (nSPS) is 11.7. The molecule has 9 nitrogen and oxygen atoms in total. The summed E-state index contributed by atoms with van der Waals surface area (Å²) in [5.41, 5.74) is 0.286. The highest BCUT2D eigenvalue weighted by Crippen LogP contribution is 2.25. The second-order valence-corrected chi connectivity index (χ2v) is 8.58. The SMILES string of the molecule is CC(C)(C)OC(=O)Nc1c(C#N)c(CCOS(C)(=O)=O)nn1-c1ccccc1. The predicted molar refractivity (Wildman–Crippen MR) is 103 cm³/mol. The maximum absolute atomic E-state index is 12.2. The van der Waals surface area contributed by atoms with E-state index < -0.39 is 21.8 Å². The van der Waals surface area contributed by atoms with Crippen LogP contribution in [0.15, 0.2) is 30.3 Å². The molecule has 28 heavy (non-hydrogen) atoms. The third kappa shape index (κ3) is 6.07. The van der Waals surface area contributed by atoms with E-state index in [1.54, 1.807) is 45.0 Å². The van der Waals surface area contributed by atoms with Crippen molar-refractivity contribution in [1.82, 2.24) is 9.78 Å². The summed E-state index contributed by atoms with van der Waals surface area (Å²) in [6.45, 7) is 4.99. The van der Waals surface area contributed by atoms with E-state index in [-0.39, 0.29) is 24.4 Å². The molecule has 1 heterocycles. The highest BCUT2D eigenvalue weighted by atomic mass is 32.2. The van der Waals surface area contributed by atoms with Gasteiger partial charge in [-0.1, -0.05) is 18.2 Å². The van der Waals surface area contributed by atoms with Crippen LogP contribution in [0.3, 0.4) is 0 Å². The Bertz CT molecular complexity index is 985. The van der Waals surface area contributed by atoms with Gasteiger partial charge in [0.1, 0.15) is 17.2 Å². The van der Waals surface area contributed by atoms with E-state index >= 15 is 0 Å². The average Bonchev–Trinajstić information content (AvgIpc) is 2.90. The van der Waals surface area contributed by atoms with E-state index in [1.165, 1.54) is 4.68 Å². The zero-order chi connectivity index (χ0) is 20.9. The van der Waals surface area contributed by atoms with Crippen molar-refractivity contribution in [3.63, 3.8) is 0 Å². The molecule has 0 aliphatic carbocycles. The molecular weight excluding hydrogens is 384 g/mol. The number of anilines is 1. The van der Waals surface area contributed by atoms with E-state index in [4.69, 9.17) is 8.92 Å². The van der Waals surface area contributed by atoms with Crippen LogP contribution < -0.4 is 5.32 Å². The summed E-state index contributed by atoms with van der Waals surface area (Å²) < 4.78 is 33.7. The van der Waals surface area contributed by atoms with Crippen molar-refractivity contribution in [3.05, 3.63) is 41.6 Å². The Kier molecular flexibility index (Phi) is 6.43. The third-order valence-corrected chi connectivity index (χ3v) is 3.92. The first-order valence-electron chi connectivity index (χ1n) is 8.42. The summed E-state index contributed by atoms with van der Waals surface area (Å²) in [4.78, 5) is 12.2. The highest BCUT2D eigenvalue weighted by molar-refractivity contribution is 7.85. The number of hydrogen-bond acceptors (Lipinski definition) is 7. The van der Waals surface area contributed by atoms with Crippen molar-refractivity contribution in [3.8, 4) is 11.8 Å².